The van der Waals surface area contributed by atoms with Gasteiger partial charge in [-0.3, -0.25) is 14.2 Å². The highest BCUT2D eigenvalue weighted by Gasteiger charge is 2.22. The smallest absolute Gasteiger partial charge is 0.328 e. The summed E-state index contributed by atoms with van der Waals surface area (Å²) in [4.78, 5) is 40.0. The lowest BCUT2D eigenvalue weighted by Gasteiger charge is -2.06. The maximum atomic E-state index is 13.3. The number of H-pyrrole nitrogens is 1. The van der Waals surface area contributed by atoms with Gasteiger partial charge in [0.05, 0.1) is 23.5 Å². The molecule has 0 aliphatic rings. The Kier molecular flexibility index (Phi) is 3.73. The monoisotopic (exact) mass is 363 g/mol. The summed E-state index contributed by atoms with van der Waals surface area (Å²) in [6.07, 6.45) is 1.80. The van der Waals surface area contributed by atoms with E-state index in [1.807, 2.05) is 25.1 Å². The molecule has 3 aromatic heterocycles. The van der Waals surface area contributed by atoms with Gasteiger partial charge in [0.1, 0.15) is 11.4 Å². The highest BCUT2D eigenvalue weighted by Crippen LogP contribution is 2.31. The summed E-state index contributed by atoms with van der Waals surface area (Å²) in [6.45, 7) is 1.83. The summed E-state index contributed by atoms with van der Waals surface area (Å²) in [5.74, 6) is 0.409. The van der Waals surface area contributed by atoms with Crippen molar-refractivity contribution < 1.29 is 9.53 Å². The van der Waals surface area contributed by atoms with Crippen molar-refractivity contribution in [1.29, 1.82) is 0 Å². The van der Waals surface area contributed by atoms with Gasteiger partial charge in [-0.25, -0.2) is 4.79 Å². The van der Waals surface area contributed by atoms with Gasteiger partial charge in [-0.2, -0.15) is 0 Å². The van der Waals surface area contributed by atoms with Crippen molar-refractivity contribution in [2.24, 2.45) is 7.05 Å². The van der Waals surface area contributed by atoms with Gasteiger partial charge in [0.2, 0.25) is 5.78 Å². The van der Waals surface area contributed by atoms with Crippen LogP contribution < -0.4 is 16.0 Å². The van der Waals surface area contributed by atoms with Crippen LogP contribution in [0.4, 0.5) is 0 Å². The Balaban J connectivity index is 1.97. The number of ketones is 1. The molecule has 0 saturated carbocycles. The number of rotatable bonds is 3. The van der Waals surface area contributed by atoms with Gasteiger partial charge in [0.15, 0.2) is 0 Å². The van der Waals surface area contributed by atoms with E-state index >= 15 is 0 Å². The first kappa shape index (κ1) is 16.8. The van der Waals surface area contributed by atoms with Crippen molar-refractivity contribution in [3.8, 4) is 5.75 Å². The number of methoxy groups -OCH3 is 1. The third-order valence-electron chi connectivity index (χ3n) is 4.81. The van der Waals surface area contributed by atoms with E-state index < -0.39 is 11.2 Å². The molecule has 0 aliphatic carbocycles. The Morgan fingerprint density at radius 1 is 1.15 bits per heavy atom. The van der Waals surface area contributed by atoms with Crippen molar-refractivity contribution in [1.82, 2.24) is 14.0 Å². The van der Waals surface area contributed by atoms with E-state index in [2.05, 4.69) is 4.98 Å². The van der Waals surface area contributed by atoms with Crippen molar-refractivity contribution in [3.05, 3.63) is 80.3 Å². The molecular formula is C20H17N3O4. The number of nitrogens with one attached hydrogen (secondary N) is 1. The molecule has 1 aromatic carbocycles. The molecule has 0 fully saturated rings. The molecule has 4 rings (SSSR count). The fourth-order valence-corrected chi connectivity index (χ4v) is 3.42. The number of aromatic amines is 1. The lowest BCUT2D eigenvalue weighted by Crippen LogP contribution is -2.32. The van der Waals surface area contributed by atoms with Crippen LogP contribution in [0.25, 0.3) is 16.4 Å². The summed E-state index contributed by atoms with van der Waals surface area (Å²) in [5, 5.41) is 0.286. The summed E-state index contributed by atoms with van der Waals surface area (Å²) in [7, 11) is 2.96. The summed E-state index contributed by atoms with van der Waals surface area (Å²) >= 11 is 0. The molecule has 0 radical (unpaired) electrons. The quantitative estimate of drug-likeness (QED) is 0.565. The Bertz CT molecular complexity index is 1340. The van der Waals surface area contributed by atoms with Gasteiger partial charge >= 0.3 is 5.69 Å². The van der Waals surface area contributed by atoms with E-state index in [1.54, 1.807) is 29.8 Å². The molecule has 0 unspecified atom stereocenters. The molecule has 0 atom stereocenters. The van der Waals surface area contributed by atoms with Crippen molar-refractivity contribution in [2.75, 3.05) is 7.11 Å². The van der Waals surface area contributed by atoms with Crippen LogP contribution in [-0.4, -0.2) is 26.8 Å². The van der Waals surface area contributed by atoms with Gasteiger partial charge in [0, 0.05) is 24.4 Å². The molecule has 0 spiro atoms. The van der Waals surface area contributed by atoms with Crippen LogP contribution in [0.15, 0.2) is 52.2 Å². The molecule has 0 saturated heterocycles. The van der Waals surface area contributed by atoms with E-state index in [1.165, 1.54) is 13.1 Å². The second kappa shape index (κ2) is 5.98. The number of carbonyl (C=O) groups is 1. The molecule has 1 N–H and O–H groups in total. The Morgan fingerprint density at radius 2 is 1.93 bits per heavy atom. The summed E-state index contributed by atoms with van der Waals surface area (Å²) < 4.78 is 8.24. The molecule has 0 bridgehead atoms. The Hall–Kier alpha value is -3.61. The zero-order valence-electron chi connectivity index (χ0n) is 15.1. The molecule has 0 aliphatic heterocycles. The molecule has 4 aromatic rings. The van der Waals surface area contributed by atoms with Gasteiger partial charge in [0.25, 0.3) is 5.56 Å². The Labute approximate surface area is 153 Å². The molecule has 27 heavy (non-hydrogen) atoms. The first-order valence-corrected chi connectivity index (χ1v) is 8.35. The SMILES string of the molecule is COc1c(C)c(C(=O)c2ccc3[nH]c(=O)n(C)c(=O)c3c2)n2ccccc12. The van der Waals surface area contributed by atoms with Crippen LogP contribution in [-0.2, 0) is 7.05 Å². The van der Waals surface area contributed by atoms with Gasteiger partial charge in [-0.1, -0.05) is 6.07 Å². The first-order chi connectivity index (χ1) is 12.9. The largest absolute Gasteiger partial charge is 0.494 e. The topological polar surface area (TPSA) is 85.6 Å². The molecule has 0 amide bonds. The molecular weight excluding hydrogens is 346 g/mol. The predicted octanol–water partition coefficient (Wildman–Crippen LogP) is 2.03. The predicted molar refractivity (Wildman–Crippen MR) is 102 cm³/mol. The number of nitrogens with zero attached hydrogens (tertiary/aromatic N) is 2. The van der Waals surface area contributed by atoms with Crippen LogP contribution in [0.2, 0.25) is 0 Å². The standard InChI is InChI=1S/C20H17N3O4/c1-11-16(23-9-5-4-6-15(23)18(11)27-3)17(24)12-7-8-14-13(10-12)19(25)22(2)20(26)21-14/h4-10H,1-3H3,(H,21,26). The number of hydrogen-bond donors (Lipinski definition) is 1. The molecule has 3 heterocycles. The van der Waals surface area contributed by atoms with Crippen molar-refractivity contribution in [2.45, 2.75) is 6.92 Å². The fraction of sp³-hybridized carbons (Fsp3) is 0.150. The number of carbonyl (C=O) groups excluding carboxylic acids is 1. The second-order valence-corrected chi connectivity index (χ2v) is 6.35. The van der Waals surface area contributed by atoms with Gasteiger partial charge in [-0.15, -0.1) is 0 Å². The fourth-order valence-electron chi connectivity index (χ4n) is 3.42. The highest BCUT2D eigenvalue weighted by atomic mass is 16.5. The number of ether oxygens (including phenoxy) is 1. The zero-order chi connectivity index (χ0) is 19.3. The minimum atomic E-state index is -0.496. The third kappa shape index (κ3) is 2.39. The van der Waals surface area contributed by atoms with Crippen LogP contribution in [0.5, 0.6) is 5.75 Å². The number of fused-ring (bicyclic) bond motifs is 2. The minimum Gasteiger partial charge on any atom is -0.494 e. The van der Waals surface area contributed by atoms with E-state index in [0.717, 1.165) is 15.6 Å². The maximum Gasteiger partial charge on any atom is 0.328 e. The maximum absolute atomic E-state index is 13.3. The van der Waals surface area contributed by atoms with Gasteiger partial charge < -0.3 is 14.1 Å². The van der Waals surface area contributed by atoms with Gasteiger partial charge in [-0.05, 0) is 37.3 Å². The molecule has 7 heteroatoms. The van der Waals surface area contributed by atoms with Crippen LogP contribution in [0, 0.1) is 6.92 Å². The van der Waals surface area contributed by atoms with Crippen LogP contribution in [0.3, 0.4) is 0 Å². The molecule has 7 nitrogen and oxygen atoms in total. The van der Waals surface area contributed by atoms with E-state index in [-0.39, 0.29) is 11.2 Å². The second-order valence-electron chi connectivity index (χ2n) is 6.35. The van der Waals surface area contributed by atoms with Crippen LogP contribution in [0.1, 0.15) is 21.6 Å². The van der Waals surface area contributed by atoms with E-state index in [9.17, 15) is 14.4 Å². The average Bonchev–Trinajstić information content (AvgIpc) is 2.96. The highest BCUT2D eigenvalue weighted by molar-refractivity contribution is 6.11. The minimum absolute atomic E-state index is 0.229. The lowest BCUT2D eigenvalue weighted by molar-refractivity contribution is 0.103. The first-order valence-electron chi connectivity index (χ1n) is 8.35. The van der Waals surface area contributed by atoms with Crippen molar-refractivity contribution >= 4 is 22.2 Å². The number of hydrogen-bond acceptors (Lipinski definition) is 4. The molecule has 136 valence electrons. The number of pyridine rings is 1. The number of benzene rings is 1. The number of aromatic nitrogens is 3. The summed E-state index contributed by atoms with van der Waals surface area (Å²) in [6, 6.07) is 10.3. The zero-order valence-corrected chi connectivity index (χ0v) is 15.1. The lowest BCUT2D eigenvalue weighted by atomic mass is 10.0. The summed E-state index contributed by atoms with van der Waals surface area (Å²) in [5.41, 5.74) is 1.81. The van der Waals surface area contributed by atoms with E-state index in [0.29, 0.717) is 22.5 Å². The van der Waals surface area contributed by atoms with E-state index in [4.69, 9.17) is 4.74 Å². The third-order valence-corrected chi connectivity index (χ3v) is 4.81. The van der Waals surface area contributed by atoms with Crippen molar-refractivity contribution in [3.63, 3.8) is 0 Å². The average molecular weight is 363 g/mol. The van der Waals surface area contributed by atoms with Crippen LogP contribution >= 0.6 is 0 Å². The normalized spacial score (nSPS) is 11.2. The Morgan fingerprint density at radius 3 is 2.67 bits per heavy atom.